The molecule has 1 heterocycles. The number of rotatable bonds is 5. The normalized spacial score (nSPS) is 17.4. The fourth-order valence-corrected chi connectivity index (χ4v) is 3.38. The summed E-state index contributed by atoms with van der Waals surface area (Å²) >= 11 is 3.44. The van der Waals surface area contributed by atoms with Crippen molar-refractivity contribution < 1.29 is 14.3 Å². The first-order valence-corrected chi connectivity index (χ1v) is 8.80. The average molecular weight is 403 g/mol. The fraction of sp³-hybridized carbons (Fsp3) is 0.263. The van der Waals surface area contributed by atoms with Crippen LogP contribution in [-0.4, -0.2) is 36.4 Å². The van der Waals surface area contributed by atoms with Crippen molar-refractivity contribution in [3.63, 3.8) is 0 Å². The van der Waals surface area contributed by atoms with Crippen molar-refractivity contribution >= 4 is 27.7 Å². The van der Waals surface area contributed by atoms with Gasteiger partial charge in [-0.15, -0.1) is 0 Å². The second-order valence-electron chi connectivity index (χ2n) is 5.96. The Kier molecular flexibility index (Phi) is 5.38. The largest absolute Gasteiger partial charge is 0.496 e. The molecule has 1 atom stereocenters. The van der Waals surface area contributed by atoms with Gasteiger partial charge < -0.3 is 15.0 Å². The molecule has 0 aromatic heterocycles. The van der Waals surface area contributed by atoms with Crippen LogP contribution in [0.15, 0.2) is 53.0 Å². The molecule has 6 heteroatoms. The summed E-state index contributed by atoms with van der Waals surface area (Å²) in [5.74, 6) is 0.477. The number of hydrogen-bond acceptors (Lipinski definition) is 3. The summed E-state index contributed by atoms with van der Waals surface area (Å²) in [4.78, 5) is 26.5. The second kappa shape index (κ2) is 7.70. The molecule has 0 unspecified atom stereocenters. The van der Waals surface area contributed by atoms with Crippen LogP contribution in [0.4, 0.5) is 0 Å². The highest BCUT2D eigenvalue weighted by Crippen LogP contribution is 2.25. The van der Waals surface area contributed by atoms with E-state index in [-0.39, 0.29) is 18.4 Å². The molecule has 130 valence electrons. The number of methoxy groups -OCH3 is 1. The van der Waals surface area contributed by atoms with E-state index in [1.165, 1.54) is 0 Å². The molecule has 0 spiro atoms. The van der Waals surface area contributed by atoms with E-state index in [0.29, 0.717) is 18.7 Å². The number of amides is 2. The SMILES string of the molecule is COc1ccc(Br)cc1C[C@H]1NC(=O)CN(Cc2ccccc2)C1=O. The summed E-state index contributed by atoms with van der Waals surface area (Å²) in [7, 11) is 1.59. The van der Waals surface area contributed by atoms with Gasteiger partial charge in [-0.05, 0) is 29.3 Å². The Bertz CT molecular complexity index is 779. The van der Waals surface area contributed by atoms with Crippen LogP contribution in [0, 0.1) is 0 Å². The van der Waals surface area contributed by atoms with Gasteiger partial charge in [0.05, 0.1) is 13.7 Å². The molecule has 0 bridgehead atoms. The summed E-state index contributed by atoms with van der Waals surface area (Å²) in [5, 5.41) is 2.80. The van der Waals surface area contributed by atoms with Crippen molar-refractivity contribution in [2.24, 2.45) is 0 Å². The van der Waals surface area contributed by atoms with Crippen LogP contribution in [0.1, 0.15) is 11.1 Å². The number of hydrogen-bond donors (Lipinski definition) is 1. The number of carbonyl (C=O) groups excluding carboxylic acids is 2. The monoisotopic (exact) mass is 402 g/mol. The van der Waals surface area contributed by atoms with Gasteiger partial charge in [-0.2, -0.15) is 0 Å². The molecule has 0 aliphatic carbocycles. The number of ether oxygens (including phenoxy) is 1. The van der Waals surface area contributed by atoms with Gasteiger partial charge >= 0.3 is 0 Å². The highest BCUT2D eigenvalue weighted by molar-refractivity contribution is 9.10. The second-order valence-corrected chi connectivity index (χ2v) is 6.88. The molecule has 1 N–H and O–H groups in total. The van der Waals surface area contributed by atoms with Crippen molar-refractivity contribution in [2.45, 2.75) is 19.0 Å². The van der Waals surface area contributed by atoms with Crippen molar-refractivity contribution in [1.29, 1.82) is 0 Å². The lowest BCUT2D eigenvalue weighted by atomic mass is 10.0. The van der Waals surface area contributed by atoms with Gasteiger partial charge in [0.1, 0.15) is 11.8 Å². The summed E-state index contributed by atoms with van der Waals surface area (Å²) in [6, 6.07) is 14.7. The van der Waals surface area contributed by atoms with Gasteiger partial charge in [0.15, 0.2) is 0 Å². The number of halogens is 1. The third-order valence-corrected chi connectivity index (χ3v) is 4.66. The van der Waals surface area contributed by atoms with Crippen LogP contribution < -0.4 is 10.1 Å². The molecule has 2 amide bonds. The zero-order chi connectivity index (χ0) is 17.8. The zero-order valence-electron chi connectivity index (χ0n) is 13.9. The van der Waals surface area contributed by atoms with Crippen molar-refractivity contribution in [3.05, 3.63) is 64.1 Å². The maximum atomic E-state index is 12.8. The van der Waals surface area contributed by atoms with E-state index in [2.05, 4.69) is 21.2 Å². The smallest absolute Gasteiger partial charge is 0.246 e. The first kappa shape index (κ1) is 17.5. The summed E-state index contributed by atoms with van der Waals surface area (Å²) in [6.07, 6.45) is 0.387. The lowest BCUT2D eigenvalue weighted by Gasteiger charge is -2.33. The quantitative estimate of drug-likeness (QED) is 0.835. The van der Waals surface area contributed by atoms with E-state index in [1.54, 1.807) is 12.0 Å². The van der Waals surface area contributed by atoms with Gasteiger partial charge in [-0.25, -0.2) is 0 Å². The number of nitrogens with zero attached hydrogens (tertiary/aromatic N) is 1. The van der Waals surface area contributed by atoms with Crippen LogP contribution in [0.3, 0.4) is 0 Å². The van der Waals surface area contributed by atoms with Crippen molar-refractivity contribution in [3.8, 4) is 5.75 Å². The summed E-state index contributed by atoms with van der Waals surface area (Å²) < 4.78 is 6.27. The first-order chi connectivity index (χ1) is 12.1. The fourth-order valence-electron chi connectivity index (χ4n) is 2.98. The molecule has 1 aliphatic rings. The summed E-state index contributed by atoms with van der Waals surface area (Å²) in [6.45, 7) is 0.513. The molecule has 1 aliphatic heterocycles. The standard InChI is InChI=1S/C19H19BrN2O3/c1-25-17-8-7-15(20)9-14(17)10-16-19(24)22(12-18(23)21-16)11-13-5-3-2-4-6-13/h2-9,16H,10-12H2,1H3,(H,21,23)/t16-/m1/s1. The van der Waals surface area contributed by atoms with Crippen LogP contribution in [0.2, 0.25) is 0 Å². The van der Waals surface area contributed by atoms with E-state index in [1.807, 2.05) is 48.5 Å². The molecule has 0 radical (unpaired) electrons. The predicted molar refractivity (Wildman–Crippen MR) is 98.2 cm³/mol. The maximum Gasteiger partial charge on any atom is 0.246 e. The van der Waals surface area contributed by atoms with Gasteiger partial charge in [0, 0.05) is 17.4 Å². The van der Waals surface area contributed by atoms with Gasteiger partial charge in [-0.1, -0.05) is 46.3 Å². The Labute approximate surface area is 155 Å². The molecule has 5 nitrogen and oxygen atoms in total. The van der Waals surface area contributed by atoms with E-state index in [0.717, 1.165) is 15.6 Å². The topological polar surface area (TPSA) is 58.6 Å². The minimum Gasteiger partial charge on any atom is -0.496 e. The van der Waals surface area contributed by atoms with Crippen LogP contribution in [0.25, 0.3) is 0 Å². The third-order valence-electron chi connectivity index (χ3n) is 4.16. The molecule has 25 heavy (non-hydrogen) atoms. The Morgan fingerprint density at radius 3 is 2.68 bits per heavy atom. The summed E-state index contributed by atoms with van der Waals surface area (Å²) in [5.41, 5.74) is 1.88. The van der Waals surface area contributed by atoms with Gasteiger partial charge in [-0.3, -0.25) is 9.59 Å². The Balaban J connectivity index is 1.78. The molecule has 3 rings (SSSR count). The zero-order valence-corrected chi connectivity index (χ0v) is 15.5. The van der Waals surface area contributed by atoms with Crippen molar-refractivity contribution in [1.82, 2.24) is 10.2 Å². The lowest BCUT2D eigenvalue weighted by molar-refractivity contribution is -0.144. The molecular weight excluding hydrogens is 384 g/mol. The number of carbonyl (C=O) groups is 2. The van der Waals surface area contributed by atoms with Crippen LogP contribution in [-0.2, 0) is 22.6 Å². The highest BCUT2D eigenvalue weighted by Gasteiger charge is 2.33. The van der Waals surface area contributed by atoms with Crippen molar-refractivity contribution in [2.75, 3.05) is 13.7 Å². The number of piperazine rings is 1. The molecule has 1 fully saturated rings. The van der Waals surface area contributed by atoms with Gasteiger partial charge in [0.25, 0.3) is 0 Å². The first-order valence-electron chi connectivity index (χ1n) is 8.01. The van der Waals surface area contributed by atoms with Crippen LogP contribution >= 0.6 is 15.9 Å². The Morgan fingerprint density at radius 2 is 1.96 bits per heavy atom. The van der Waals surface area contributed by atoms with E-state index in [4.69, 9.17) is 4.74 Å². The van der Waals surface area contributed by atoms with E-state index < -0.39 is 6.04 Å². The Hall–Kier alpha value is -2.34. The highest BCUT2D eigenvalue weighted by atomic mass is 79.9. The molecule has 2 aromatic carbocycles. The molecule has 0 saturated carbocycles. The third kappa shape index (κ3) is 4.20. The predicted octanol–water partition coefficient (Wildman–Crippen LogP) is 2.53. The maximum absolute atomic E-state index is 12.8. The Morgan fingerprint density at radius 1 is 1.20 bits per heavy atom. The minimum absolute atomic E-state index is 0.0783. The number of nitrogens with one attached hydrogen (secondary N) is 1. The molecule has 1 saturated heterocycles. The average Bonchev–Trinajstić information content (AvgIpc) is 2.60. The van der Waals surface area contributed by atoms with E-state index in [9.17, 15) is 9.59 Å². The van der Waals surface area contributed by atoms with E-state index >= 15 is 0 Å². The molecule has 2 aromatic rings. The molecular formula is C19H19BrN2O3. The van der Waals surface area contributed by atoms with Gasteiger partial charge in [0.2, 0.25) is 11.8 Å². The minimum atomic E-state index is -0.590. The lowest BCUT2D eigenvalue weighted by Crippen LogP contribution is -2.58. The number of benzene rings is 2. The van der Waals surface area contributed by atoms with Crippen LogP contribution in [0.5, 0.6) is 5.75 Å².